The van der Waals surface area contributed by atoms with Crippen molar-refractivity contribution in [3.05, 3.63) is 117 Å². The van der Waals surface area contributed by atoms with Crippen LogP contribution in [0.4, 0.5) is 0 Å². The smallest absolute Gasteiger partial charge is 0.346 e. The fourth-order valence-electron chi connectivity index (χ4n) is 6.37. The SMILES string of the molecule is CC1=C(/C=C/C(C)=C/C=C/C(C)=C/C(=O)OC(=O)C(O)C(O)C(=O)OC(=O)/C=C(C)/C=C/C=C(C)/C=C/C2=C(C)CCCC2(C)C)C(C)(C)CCC1. The molecule has 0 radical (unpaired) electrons. The number of carbonyl (C=O) groups is 4. The lowest BCUT2D eigenvalue weighted by Crippen LogP contribution is -2.42. The molecule has 0 aromatic heterocycles. The molecule has 0 heterocycles. The molecular formula is C44H58O8. The predicted octanol–water partition coefficient (Wildman–Crippen LogP) is 8.91. The minimum absolute atomic E-state index is 0.140. The molecule has 2 unspecified atom stereocenters. The molecule has 2 aliphatic carbocycles. The molecular weight excluding hydrogens is 656 g/mol. The Bertz CT molecular complexity index is 1550. The van der Waals surface area contributed by atoms with E-state index in [9.17, 15) is 29.4 Å². The Balaban J connectivity index is 1.88. The van der Waals surface area contributed by atoms with Gasteiger partial charge in [-0.3, -0.25) is 0 Å². The molecule has 0 fully saturated rings. The van der Waals surface area contributed by atoms with Crippen molar-refractivity contribution in [2.45, 2.75) is 120 Å². The normalized spacial score (nSPS) is 20.3. The average molecular weight is 715 g/mol. The maximum absolute atomic E-state index is 12.2. The largest absolute Gasteiger partial charge is 0.388 e. The van der Waals surface area contributed by atoms with Crippen LogP contribution in [0.2, 0.25) is 0 Å². The summed E-state index contributed by atoms with van der Waals surface area (Å²) in [4.78, 5) is 48.9. The highest BCUT2D eigenvalue weighted by molar-refractivity contribution is 5.98. The van der Waals surface area contributed by atoms with Gasteiger partial charge in [-0.2, -0.15) is 0 Å². The van der Waals surface area contributed by atoms with E-state index in [-0.39, 0.29) is 10.8 Å². The Hall–Kier alpha value is -4.40. The molecule has 0 saturated carbocycles. The minimum Gasteiger partial charge on any atom is -0.388 e. The van der Waals surface area contributed by atoms with E-state index in [0.717, 1.165) is 49.0 Å². The molecule has 2 atom stereocenters. The number of hydrogen-bond acceptors (Lipinski definition) is 8. The Kier molecular flexibility index (Phi) is 16.8. The topological polar surface area (TPSA) is 127 Å². The summed E-state index contributed by atoms with van der Waals surface area (Å²) in [6, 6.07) is 0. The molecule has 8 heteroatoms. The number of carbonyl (C=O) groups excluding carboxylic acids is 4. The highest BCUT2D eigenvalue weighted by Crippen LogP contribution is 2.41. The second-order valence-electron chi connectivity index (χ2n) is 15.2. The Labute approximate surface area is 310 Å². The molecule has 0 bridgehead atoms. The zero-order valence-corrected chi connectivity index (χ0v) is 32.7. The zero-order chi connectivity index (χ0) is 39.2. The highest BCUT2D eigenvalue weighted by Gasteiger charge is 2.35. The Morgan fingerprint density at radius 2 is 0.942 bits per heavy atom. The van der Waals surface area contributed by atoms with Crippen molar-refractivity contribution in [1.82, 2.24) is 0 Å². The van der Waals surface area contributed by atoms with E-state index in [0.29, 0.717) is 11.1 Å². The standard InChI is InChI=1S/C44H58O8/c1-29(21-23-35-33(5)19-13-25-43(35,7)8)15-11-17-31(3)27-37(45)51-41(49)39(47)40(48)42(50)52-38(46)28-32(4)18-12-16-30(2)22-24-36-34(6)20-14-26-44(36,9)10/h11-12,15-18,21-24,27-28,39-40,47-48H,13-14,19-20,25-26H2,1-10H3/b17-11+,18-12+,23-21+,24-22+,29-15+,30-16+,31-27+,32-28+. The summed E-state index contributed by atoms with van der Waals surface area (Å²) >= 11 is 0. The van der Waals surface area contributed by atoms with Crippen molar-refractivity contribution >= 4 is 23.9 Å². The molecule has 8 nitrogen and oxygen atoms in total. The first-order valence-corrected chi connectivity index (χ1v) is 17.9. The van der Waals surface area contributed by atoms with Gasteiger partial charge in [0.05, 0.1) is 0 Å². The number of allylic oxidation sites excluding steroid dienone is 18. The summed E-state index contributed by atoms with van der Waals surface area (Å²) in [5, 5.41) is 20.2. The summed E-state index contributed by atoms with van der Waals surface area (Å²) in [6.07, 6.45) is 23.0. The van der Waals surface area contributed by atoms with E-state index < -0.39 is 36.1 Å². The van der Waals surface area contributed by atoms with Gasteiger partial charge in [0.2, 0.25) is 0 Å². The number of rotatable bonds is 13. The van der Waals surface area contributed by atoms with Gasteiger partial charge in [-0.1, -0.05) is 111 Å². The fraction of sp³-hybridized carbons (Fsp3) is 0.455. The van der Waals surface area contributed by atoms with E-state index in [2.05, 4.69) is 75.3 Å². The van der Waals surface area contributed by atoms with Crippen molar-refractivity contribution in [2.75, 3.05) is 0 Å². The first kappa shape index (κ1) is 43.8. The van der Waals surface area contributed by atoms with Crippen molar-refractivity contribution in [1.29, 1.82) is 0 Å². The van der Waals surface area contributed by atoms with E-state index >= 15 is 0 Å². The Morgan fingerprint density at radius 1 is 0.596 bits per heavy atom. The predicted molar refractivity (Wildman–Crippen MR) is 206 cm³/mol. The molecule has 2 aliphatic rings. The van der Waals surface area contributed by atoms with Crippen molar-refractivity contribution < 1.29 is 38.9 Å². The molecule has 0 amide bonds. The second kappa shape index (κ2) is 20.0. The number of esters is 4. The van der Waals surface area contributed by atoms with Crippen molar-refractivity contribution in [2.24, 2.45) is 10.8 Å². The average Bonchev–Trinajstić information content (AvgIpc) is 3.02. The zero-order valence-electron chi connectivity index (χ0n) is 32.7. The van der Waals surface area contributed by atoms with Crippen molar-refractivity contribution in [3.63, 3.8) is 0 Å². The number of aliphatic hydroxyl groups excluding tert-OH is 2. The molecule has 0 aliphatic heterocycles. The molecule has 2 N–H and O–H groups in total. The molecule has 0 saturated heterocycles. The van der Waals surface area contributed by atoms with Gasteiger partial charge in [-0.15, -0.1) is 0 Å². The quantitative estimate of drug-likeness (QED) is 0.0838. The van der Waals surface area contributed by atoms with Gasteiger partial charge in [-0.05, 0) is 113 Å². The first-order valence-electron chi connectivity index (χ1n) is 17.9. The summed E-state index contributed by atoms with van der Waals surface area (Å²) in [5.74, 6) is -5.37. The third kappa shape index (κ3) is 14.3. The molecule has 0 spiro atoms. The van der Waals surface area contributed by atoms with E-state index in [1.165, 1.54) is 35.1 Å². The van der Waals surface area contributed by atoms with E-state index in [1.54, 1.807) is 38.2 Å². The minimum atomic E-state index is -2.45. The van der Waals surface area contributed by atoms with Crippen LogP contribution in [0.1, 0.15) is 108 Å². The van der Waals surface area contributed by atoms with Crippen LogP contribution in [0.5, 0.6) is 0 Å². The van der Waals surface area contributed by atoms with Crippen LogP contribution in [0.25, 0.3) is 0 Å². The molecule has 2 rings (SSSR count). The van der Waals surface area contributed by atoms with Gasteiger partial charge in [0.1, 0.15) is 0 Å². The maximum Gasteiger partial charge on any atom is 0.346 e. The van der Waals surface area contributed by atoms with Gasteiger partial charge >= 0.3 is 23.9 Å². The lowest BCUT2D eigenvalue weighted by Gasteiger charge is -2.33. The van der Waals surface area contributed by atoms with Gasteiger partial charge in [0.25, 0.3) is 0 Å². The van der Waals surface area contributed by atoms with Crippen molar-refractivity contribution in [3.8, 4) is 0 Å². The summed E-state index contributed by atoms with van der Waals surface area (Å²) < 4.78 is 9.12. The van der Waals surface area contributed by atoms with Crippen LogP contribution >= 0.6 is 0 Å². The van der Waals surface area contributed by atoms with Crippen LogP contribution in [0.15, 0.2) is 117 Å². The van der Waals surface area contributed by atoms with Gasteiger partial charge < -0.3 is 19.7 Å². The second-order valence-corrected chi connectivity index (χ2v) is 15.2. The molecule has 0 aromatic rings. The van der Waals surface area contributed by atoms with Crippen LogP contribution in [0, 0.1) is 10.8 Å². The number of aliphatic hydroxyl groups is 2. The van der Waals surface area contributed by atoms with Gasteiger partial charge in [-0.25, -0.2) is 19.2 Å². The van der Waals surface area contributed by atoms with Gasteiger partial charge in [0, 0.05) is 12.2 Å². The lowest BCUT2D eigenvalue weighted by molar-refractivity contribution is -0.178. The molecule has 0 aromatic carbocycles. The Morgan fingerprint density at radius 3 is 1.27 bits per heavy atom. The molecule has 52 heavy (non-hydrogen) atoms. The summed E-state index contributed by atoms with van der Waals surface area (Å²) in [6.45, 7) is 20.6. The van der Waals surface area contributed by atoms with E-state index in [1.807, 2.05) is 26.0 Å². The number of hydrogen-bond donors (Lipinski definition) is 2. The maximum atomic E-state index is 12.2. The van der Waals surface area contributed by atoms with Gasteiger partial charge in [0.15, 0.2) is 12.2 Å². The third-order valence-corrected chi connectivity index (χ3v) is 9.42. The molecule has 282 valence electrons. The van der Waals surface area contributed by atoms with Crippen LogP contribution in [0.3, 0.4) is 0 Å². The summed E-state index contributed by atoms with van der Waals surface area (Å²) in [5.41, 5.74) is 8.72. The number of ether oxygens (including phenoxy) is 2. The fourth-order valence-corrected chi connectivity index (χ4v) is 6.37. The monoisotopic (exact) mass is 714 g/mol. The van der Waals surface area contributed by atoms with Crippen LogP contribution in [-0.4, -0.2) is 46.3 Å². The highest BCUT2D eigenvalue weighted by atomic mass is 16.6. The summed E-state index contributed by atoms with van der Waals surface area (Å²) in [7, 11) is 0. The van der Waals surface area contributed by atoms with E-state index in [4.69, 9.17) is 0 Å². The van der Waals surface area contributed by atoms with Crippen LogP contribution < -0.4 is 0 Å². The van der Waals surface area contributed by atoms with Crippen LogP contribution in [-0.2, 0) is 28.7 Å². The lowest BCUT2D eigenvalue weighted by atomic mass is 9.72. The first-order chi connectivity index (χ1) is 24.2. The third-order valence-electron chi connectivity index (χ3n) is 9.42.